The number of nitrogens with zero attached hydrogens (tertiary/aromatic N) is 1. The number of nitrogens with one attached hydrogen (secondary N) is 1. The number of hydrogen-bond donors (Lipinski definition) is 1. The van der Waals surface area contributed by atoms with Gasteiger partial charge in [-0.3, -0.25) is 4.79 Å². The molecule has 0 aromatic heterocycles. The van der Waals surface area contributed by atoms with Gasteiger partial charge < -0.3 is 19.7 Å². The molecule has 0 saturated carbocycles. The van der Waals surface area contributed by atoms with Gasteiger partial charge >= 0.3 is 6.09 Å². The molecule has 0 radical (unpaired) electrons. The number of ether oxygens (including phenoxy) is 2. The first-order chi connectivity index (χ1) is 12.1. The van der Waals surface area contributed by atoms with Crippen molar-refractivity contribution in [2.24, 2.45) is 0 Å². The third-order valence-electron chi connectivity index (χ3n) is 4.37. The molecule has 2 amide bonds. The van der Waals surface area contributed by atoms with Crippen LogP contribution in [0.1, 0.15) is 38.2 Å². The van der Waals surface area contributed by atoms with E-state index in [9.17, 15) is 9.59 Å². The van der Waals surface area contributed by atoms with E-state index >= 15 is 0 Å². The second kappa shape index (κ2) is 9.91. The topological polar surface area (TPSA) is 67.9 Å². The maximum Gasteiger partial charge on any atom is 0.409 e. The molecule has 0 unspecified atom stereocenters. The molecule has 138 valence electrons. The molecule has 1 fully saturated rings. The number of rotatable bonds is 7. The predicted octanol–water partition coefficient (Wildman–Crippen LogP) is 2.76. The Hall–Kier alpha value is -2.24. The Labute approximate surface area is 149 Å². The van der Waals surface area contributed by atoms with Crippen molar-refractivity contribution in [1.82, 2.24) is 10.2 Å². The van der Waals surface area contributed by atoms with Gasteiger partial charge in [-0.15, -0.1) is 0 Å². The summed E-state index contributed by atoms with van der Waals surface area (Å²) in [7, 11) is 1.62. The number of hydrogen-bond acceptors (Lipinski definition) is 4. The van der Waals surface area contributed by atoms with Crippen LogP contribution in [0.4, 0.5) is 4.79 Å². The van der Waals surface area contributed by atoms with Crippen LogP contribution in [0, 0.1) is 0 Å². The summed E-state index contributed by atoms with van der Waals surface area (Å²) in [6.45, 7) is 3.79. The summed E-state index contributed by atoms with van der Waals surface area (Å²) < 4.78 is 10.3. The van der Waals surface area contributed by atoms with Gasteiger partial charge in [0.1, 0.15) is 5.75 Å². The number of amides is 2. The van der Waals surface area contributed by atoms with Crippen LogP contribution in [0.3, 0.4) is 0 Å². The van der Waals surface area contributed by atoms with Gasteiger partial charge in [-0.2, -0.15) is 0 Å². The Kier molecular flexibility index (Phi) is 7.57. The second-order valence-corrected chi connectivity index (χ2v) is 6.32. The molecule has 1 saturated heterocycles. The van der Waals surface area contributed by atoms with Crippen molar-refractivity contribution in [2.75, 3.05) is 26.8 Å². The highest BCUT2D eigenvalue weighted by Gasteiger charge is 2.24. The Morgan fingerprint density at radius 1 is 1.20 bits per heavy atom. The molecule has 6 nitrogen and oxygen atoms in total. The SMILES string of the molecule is CCCCOC(=O)N1CCC(NC(=O)Cc2ccc(OC)cc2)CC1. The van der Waals surface area contributed by atoms with E-state index in [-0.39, 0.29) is 18.0 Å². The average Bonchev–Trinajstić information content (AvgIpc) is 2.63. The summed E-state index contributed by atoms with van der Waals surface area (Å²) in [4.78, 5) is 25.8. The standard InChI is InChI=1S/C19H28N2O4/c1-3-4-13-25-19(23)21-11-9-16(10-12-21)20-18(22)14-15-5-7-17(24-2)8-6-15/h5-8,16H,3-4,9-14H2,1-2H3,(H,20,22). The molecule has 1 heterocycles. The summed E-state index contributed by atoms with van der Waals surface area (Å²) in [5.41, 5.74) is 0.954. The van der Waals surface area contributed by atoms with Crippen LogP contribution in [-0.2, 0) is 16.0 Å². The van der Waals surface area contributed by atoms with Crippen LogP contribution >= 0.6 is 0 Å². The number of methoxy groups -OCH3 is 1. The van der Waals surface area contributed by atoms with E-state index in [1.165, 1.54) is 0 Å². The Morgan fingerprint density at radius 2 is 1.88 bits per heavy atom. The number of carbonyl (C=O) groups excluding carboxylic acids is 2. The zero-order chi connectivity index (χ0) is 18.1. The Morgan fingerprint density at radius 3 is 2.48 bits per heavy atom. The van der Waals surface area contributed by atoms with Crippen LogP contribution in [0.5, 0.6) is 5.75 Å². The lowest BCUT2D eigenvalue weighted by atomic mass is 10.0. The average molecular weight is 348 g/mol. The monoisotopic (exact) mass is 348 g/mol. The first kappa shape index (κ1) is 19.1. The number of likely N-dealkylation sites (tertiary alicyclic amines) is 1. The third kappa shape index (κ3) is 6.29. The van der Waals surface area contributed by atoms with Crippen LogP contribution in [-0.4, -0.2) is 49.7 Å². The molecule has 6 heteroatoms. The van der Waals surface area contributed by atoms with Gasteiger partial charge in [0.2, 0.25) is 5.91 Å². The minimum atomic E-state index is -0.239. The molecule has 2 rings (SSSR count). The molecule has 1 aromatic rings. The molecule has 1 aliphatic rings. The van der Waals surface area contributed by atoms with Crippen molar-refractivity contribution in [3.8, 4) is 5.75 Å². The van der Waals surface area contributed by atoms with Gasteiger partial charge in [0.25, 0.3) is 0 Å². The van der Waals surface area contributed by atoms with E-state index in [2.05, 4.69) is 12.2 Å². The minimum absolute atomic E-state index is 0.00846. The Bertz CT molecular complexity index is 551. The van der Waals surface area contributed by atoms with Gasteiger partial charge in [-0.25, -0.2) is 4.79 Å². The summed E-state index contributed by atoms with van der Waals surface area (Å²) in [6, 6.07) is 7.61. The number of piperidine rings is 1. The van der Waals surface area contributed by atoms with Gasteiger partial charge in [-0.1, -0.05) is 25.5 Å². The molecule has 1 aliphatic heterocycles. The fraction of sp³-hybridized carbons (Fsp3) is 0.579. The third-order valence-corrected chi connectivity index (χ3v) is 4.37. The normalized spacial score (nSPS) is 14.9. The zero-order valence-corrected chi connectivity index (χ0v) is 15.1. The smallest absolute Gasteiger partial charge is 0.409 e. The van der Waals surface area contributed by atoms with Gasteiger partial charge in [-0.05, 0) is 37.0 Å². The Balaban J connectivity index is 1.70. The lowest BCUT2D eigenvalue weighted by Gasteiger charge is -2.31. The number of benzene rings is 1. The molecule has 0 atom stereocenters. The number of unbranched alkanes of at least 4 members (excludes halogenated alkanes) is 1. The van der Waals surface area contributed by atoms with E-state index in [0.717, 1.165) is 37.0 Å². The summed E-state index contributed by atoms with van der Waals surface area (Å²) in [5.74, 6) is 0.788. The van der Waals surface area contributed by atoms with Crippen LogP contribution < -0.4 is 10.1 Å². The number of carbonyl (C=O) groups is 2. The van der Waals surface area contributed by atoms with E-state index in [1.807, 2.05) is 24.3 Å². The minimum Gasteiger partial charge on any atom is -0.497 e. The second-order valence-electron chi connectivity index (χ2n) is 6.32. The zero-order valence-electron chi connectivity index (χ0n) is 15.1. The molecule has 0 bridgehead atoms. The summed E-state index contributed by atoms with van der Waals surface area (Å²) >= 11 is 0. The lowest BCUT2D eigenvalue weighted by Crippen LogP contribution is -2.47. The van der Waals surface area contributed by atoms with E-state index < -0.39 is 0 Å². The predicted molar refractivity (Wildman–Crippen MR) is 95.7 cm³/mol. The van der Waals surface area contributed by atoms with Crippen molar-refractivity contribution in [1.29, 1.82) is 0 Å². The van der Waals surface area contributed by atoms with E-state index in [0.29, 0.717) is 26.1 Å². The lowest BCUT2D eigenvalue weighted by molar-refractivity contribution is -0.121. The van der Waals surface area contributed by atoms with Crippen molar-refractivity contribution in [3.05, 3.63) is 29.8 Å². The molecule has 1 aromatic carbocycles. The first-order valence-electron chi connectivity index (χ1n) is 8.96. The molecule has 1 N–H and O–H groups in total. The van der Waals surface area contributed by atoms with Crippen molar-refractivity contribution in [3.63, 3.8) is 0 Å². The van der Waals surface area contributed by atoms with Gasteiger partial charge in [0.05, 0.1) is 20.1 Å². The fourth-order valence-electron chi connectivity index (χ4n) is 2.81. The summed E-state index contributed by atoms with van der Waals surface area (Å²) in [6.07, 6.45) is 3.54. The maximum atomic E-state index is 12.2. The molecule has 25 heavy (non-hydrogen) atoms. The maximum absolute atomic E-state index is 12.2. The van der Waals surface area contributed by atoms with Gasteiger partial charge in [0, 0.05) is 19.1 Å². The van der Waals surface area contributed by atoms with Crippen LogP contribution in [0.25, 0.3) is 0 Å². The van der Waals surface area contributed by atoms with Crippen LogP contribution in [0.2, 0.25) is 0 Å². The van der Waals surface area contributed by atoms with Crippen molar-refractivity contribution < 1.29 is 19.1 Å². The van der Waals surface area contributed by atoms with Crippen molar-refractivity contribution in [2.45, 2.75) is 45.1 Å². The molecule has 0 spiro atoms. The highest BCUT2D eigenvalue weighted by atomic mass is 16.6. The highest BCUT2D eigenvalue weighted by molar-refractivity contribution is 5.79. The largest absolute Gasteiger partial charge is 0.497 e. The first-order valence-corrected chi connectivity index (χ1v) is 8.96. The molecule has 0 aliphatic carbocycles. The summed E-state index contributed by atoms with van der Waals surface area (Å²) in [5, 5.41) is 3.06. The molecular formula is C19H28N2O4. The van der Waals surface area contributed by atoms with Crippen LogP contribution in [0.15, 0.2) is 24.3 Å². The fourth-order valence-corrected chi connectivity index (χ4v) is 2.81. The van der Waals surface area contributed by atoms with E-state index in [1.54, 1.807) is 12.0 Å². The van der Waals surface area contributed by atoms with Crippen molar-refractivity contribution >= 4 is 12.0 Å². The van der Waals surface area contributed by atoms with E-state index in [4.69, 9.17) is 9.47 Å². The molecular weight excluding hydrogens is 320 g/mol. The quantitative estimate of drug-likeness (QED) is 0.770. The van der Waals surface area contributed by atoms with Gasteiger partial charge in [0.15, 0.2) is 0 Å². The highest BCUT2D eigenvalue weighted by Crippen LogP contribution is 2.14.